The van der Waals surface area contributed by atoms with Crippen LogP contribution in [0, 0.1) is 0 Å². The molecule has 2 heterocycles. The number of H-pyrrole nitrogens is 1. The molecule has 0 spiro atoms. The summed E-state index contributed by atoms with van der Waals surface area (Å²) in [6, 6.07) is 25.4. The van der Waals surface area contributed by atoms with Gasteiger partial charge in [0, 0.05) is 6.42 Å². The molecule has 1 N–H and O–H groups in total. The quantitative estimate of drug-likeness (QED) is 0.413. The van der Waals surface area contributed by atoms with Crippen LogP contribution in [0.4, 0.5) is 0 Å². The highest BCUT2D eigenvalue weighted by Crippen LogP contribution is 2.27. The van der Waals surface area contributed by atoms with Crippen LogP contribution in [0.3, 0.4) is 0 Å². The van der Waals surface area contributed by atoms with E-state index in [-0.39, 0.29) is 0 Å². The van der Waals surface area contributed by atoms with Crippen molar-refractivity contribution in [2.45, 2.75) is 18.1 Å². The van der Waals surface area contributed by atoms with Gasteiger partial charge in [-0.3, -0.25) is 0 Å². The second-order valence-corrected chi connectivity index (χ2v) is 7.81. The molecule has 5 rings (SSSR count). The van der Waals surface area contributed by atoms with Crippen molar-refractivity contribution >= 4 is 22.8 Å². The molecule has 0 aliphatic heterocycles. The van der Waals surface area contributed by atoms with Gasteiger partial charge in [-0.05, 0) is 40.6 Å². The van der Waals surface area contributed by atoms with Gasteiger partial charge < -0.3 is 4.57 Å². The van der Waals surface area contributed by atoms with Gasteiger partial charge in [-0.15, -0.1) is 10.2 Å². The Morgan fingerprint density at radius 1 is 0.933 bits per heavy atom. The van der Waals surface area contributed by atoms with Crippen molar-refractivity contribution in [3.05, 3.63) is 89.7 Å². The number of para-hydroxylation sites is 2. The minimum absolute atomic E-state index is 0.645. The molecule has 0 atom stereocenters. The van der Waals surface area contributed by atoms with Crippen LogP contribution in [0.25, 0.3) is 22.2 Å². The molecule has 0 bridgehead atoms. The van der Waals surface area contributed by atoms with Gasteiger partial charge >= 0.3 is 0 Å². The summed E-state index contributed by atoms with van der Waals surface area (Å²) in [6.45, 7) is 0.793. The number of benzene rings is 3. The number of rotatable bonds is 6. The van der Waals surface area contributed by atoms with Gasteiger partial charge in [0.2, 0.25) is 0 Å². The first-order valence-electron chi connectivity index (χ1n) is 9.70. The number of aromatic nitrogens is 6. The lowest BCUT2D eigenvalue weighted by molar-refractivity contribution is 0.732. The van der Waals surface area contributed by atoms with E-state index in [2.05, 4.69) is 92.1 Å². The lowest BCUT2D eigenvalue weighted by Crippen LogP contribution is -2.01. The average molecular weight is 413 g/mol. The Hall–Kier alpha value is -3.45. The molecule has 3 aromatic carbocycles. The molecule has 0 saturated carbocycles. The van der Waals surface area contributed by atoms with Crippen molar-refractivity contribution in [1.82, 2.24) is 30.2 Å². The smallest absolute Gasteiger partial charge is 0.178 e. The number of thioether (sulfide) groups is 1. The van der Waals surface area contributed by atoms with Crippen LogP contribution in [-0.4, -0.2) is 36.4 Å². The topological polar surface area (TPSA) is 72.3 Å². The molecule has 6 nitrogen and oxygen atoms in total. The Kier molecular flexibility index (Phi) is 5.03. The summed E-state index contributed by atoms with van der Waals surface area (Å²) in [6.07, 6.45) is 2.72. The molecule has 30 heavy (non-hydrogen) atoms. The number of imidazole rings is 1. The van der Waals surface area contributed by atoms with Gasteiger partial charge in [-0.2, -0.15) is 5.21 Å². The summed E-state index contributed by atoms with van der Waals surface area (Å²) in [5, 5.41) is 15.4. The van der Waals surface area contributed by atoms with E-state index in [0.29, 0.717) is 12.2 Å². The Labute approximate surface area is 178 Å². The normalized spacial score (nSPS) is 11.2. The van der Waals surface area contributed by atoms with Crippen LogP contribution in [0.15, 0.2) is 78.0 Å². The minimum Gasteiger partial charge on any atom is -0.314 e. The van der Waals surface area contributed by atoms with Crippen LogP contribution in [-0.2, 0) is 13.0 Å². The van der Waals surface area contributed by atoms with Crippen molar-refractivity contribution in [3.63, 3.8) is 0 Å². The highest BCUT2D eigenvalue weighted by Gasteiger charge is 2.11. The minimum atomic E-state index is 0.645. The molecule has 0 aliphatic rings. The van der Waals surface area contributed by atoms with E-state index in [1.807, 2.05) is 12.1 Å². The number of fused-ring (bicyclic) bond motifs is 1. The standard InChI is InChI=1S/C23H20N6S/c1-30-23-24-20-8-4-5-9-21(20)29(23)15-16-10-12-17(13-11-16)19-7-3-2-6-18(19)14-22-25-27-28-26-22/h2-13H,14-15H2,1H3,(H,25,26,27,28). The molecular weight excluding hydrogens is 392 g/mol. The monoisotopic (exact) mass is 412 g/mol. The summed E-state index contributed by atoms with van der Waals surface area (Å²) in [7, 11) is 0. The van der Waals surface area contributed by atoms with E-state index in [1.54, 1.807) is 11.8 Å². The maximum Gasteiger partial charge on any atom is 0.178 e. The van der Waals surface area contributed by atoms with E-state index in [0.717, 1.165) is 22.7 Å². The van der Waals surface area contributed by atoms with Crippen molar-refractivity contribution in [3.8, 4) is 11.1 Å². The Balaban J connectivity index is 1.44. The van der Waals surface area contributed by atoms with Crippen molar-refractivity contribution in [2.75, 3.05) is 6.26 Å². The summed E-state index contributed by atoms with van der Waals surface area (Å²) in [4.78, 5) is 4.75. The highest BCUT2D eigenvalue weighted by atomic mass is 32.2. The van der Waals surface area contributed by atoms with Gasteiger partial charge in [-0.1, -0.05) is 77.6 Å². The van der Waals surface area contributed by atoms with Crippen molar-refractivity contribution in [2.24, 2.45) is 0 Å². The zero-order valence-electron chi connectivity index (χ0n) is 16.5. The summed E-state index contributed by atoms with van der Waals surface area (Å²) >= 11 is 1.68. The van der Waals surface area contributed by atoms with Crippen LogP contribution in [0.5, 0.6) is 0 Å². The van der Waals surface area contributed by atoms with Gasteiger partial charge in [0.25, 0.3) is 0 Å². The number of hydrogen-bond acceptors (Lipinski definition) is 5. The molecule has 148 valence electrons. The van der Waals surface area contributed by atoms with E-state index in [1.165, 1.54) is 22.3 Å². The van der Waals surface area contributed by atoms with E-state index in [9.17, 15) is 0 Å². The van der Waals surface area contributed by atoms with Gasteiger partial charge in [0.05, 0.1) is 17.6 Å². The van der Waals surface area contributed by atoms with Crippen LogP contribution < -0.4 is 0 Å². The predicted molar refractivity (Wildman–Crippen MR) is 119 cm³/mol. The first-order chi connectivity index (χ1) is 14.8. The third-order valence-corrected chi connectivity index (χ3v) is 5.84. The molecule has 0 unspecified atom stereocenters. The average Bonchev–Trinajstić information content (AvgIpc) is 3.43. The molecule has 0 saturated heterocycles. The van der Waals surface area contributed by atoms with E-state index >= 15 is 0 Å². The number of tetrazole rings is 1. The fourth-order valence-electron chi connectivity index (χ4n) is 3.72. The van der Waals surface area contributed by atoms with Gasteiger partial charge in [0.1, 0.15) is 0 Å². The number of nitrogens with zero attached hydrogens (tertiary/aromatic N) is 5. The van der Waals surface area contributed by atoms with Crippen molar-refractivity contribution in [1.29, 1.82) is 0 Å². The molecule has 0 radical (unpaired) electrons. The molecular formula is C23H20N6S. The fraction of sp³-hybridized carbons (Fsp3) is 0.130. The summed E-state index contributed by atoms with van der Waals surface area (Å²) < 4.78 is 2.28. The third-order valence-electron chi connectivity index (χ3n) is 5.16. The first-order valence-corrected chi connectivity index (χ1v) is 10.9. The lowest BCUT2D eigenvalue weighted by atomic mass is 9.97. The zero-order chi connectivity index (χ0) is 20.3. The highest BCUT2D eigenvalue weighted by molar-refractivity contribution is 7.98. The predicted octanol–water partition coefficient (Wildman–Crippen LogP) is 4.58. The first kappa shape index (κ1) is 18.6. The maximum absolute atomic E-state index is 4.75. The summed E-state index contributed by atoms with van der Waals surface area (Å²) in [5.41, 5.74) is 6.99. The van der Waals surface area contributed by atoms with E-state index < -0.39 is 0 Å². The van der Waals surface area contributed by atoms with Crippen molar-refractivity contribution < 1.29 is 0 Å². The zero-order valence-corrected chi connectivity index (χ0v) is 17.3. The second kappa shape index (κ2) is 8.12. The number of aromatic amines is 1. The molecule has 5 aromatic rings. The molecule has 7 heteroatoms. The largest absolute Gasteiger partial charge is 0.314 e. The Bertz CT molecular complexity index is 1280. The third kappa shape index (κ3) is 3.59. The van der Waals surface area contributed by atoms with Gasteiger partial charge in [-0.25, -0.2) is 4.98 Å². The SMILES string of the molecule is CSc1nc2ccccc2n1Cc1ccc(-c2ccccc2Cc2nn[nH]n2)cc1. The Morgan fingerprint density at radius 3 is 2.53 bits per heavy atom. The summed E-state index contributed by atoms with van der Waals surface area (Å²) in [5.74, 6) is 0.690. The molecule has 0 amide bonds. The Morgan fingerprint density at radius 2 is 1.73 bits per heavy atom. The van der Waals surface area contributed by atoms with Crippen LogP contribution >= 0.6 is 11.8 Å². The van der Waals surface area contributed by atoms with E-state index in [4.69, 9.17) is 4.98 Å². The molecule has 2 aromatic heterocycles. The van der Waals surface area contributed by atoms with Gasteiger partial charge in [0.15, 0.2) is 11.0 Å². The number of hydrogen-bond donors (Lipinski definition) is 1. The molecule has 0 fully saturated rings. The van der Waals surface area contributed by atoms with Crippen LogP contribution in [0.1, 0.15) is 17.0 Å². The fourth-order valence-corrected chi connectivity index (χ4v) is 4.29. The number of nitrogens with one attached hydrogen (secondary N) is 1. The maximum atomic E-state index is 4.75. The van der Waals surface area contributed by atoms with Crippen LogP contribution in [0.2, 0.25) is 0 Å². The lowest BCUT2D eigenvalue weighted by Gasteiger charge is -2.11. The second-order valence-electron chi connectivity index (χ2n) is 7.03. The molecule has 0 aliphatic carbocycles.